The number of carbonyl (C=O) groups is 2. The highest BCUT2D eigenvalue weighted by molar-refractivity contribution is 5.93. The molecular formula is C19H21F3N3O3+. The standard InChI is InChI=1S/C19H20F3N3O3/c1-25(12-18(27)24-15-7-9-16(28-2)10-8-15)11-17(26)23-14-5-3-13(4-6-14)19(20,21)22/h3-10H,11-12H2,1-2H3,(H,23,26)(H,24,27)/p+1. The molecule has 0 bridgehead atoms. The van der Waals surface area contributed by atoms with Crippen LogP contribution in [-0.4, -0.2) is 39.1 Å². The summed E-state index contributed by atoms with van der Waals surface area (Å²) in [5.41, 5.74) is 0.0738. The second-order valence-corrected chi connectivity index (χ2v) is 6.21. The summed E-state index contributed by atoms with van der Waals surface area (Å²) in [4.78, 5) is 24.7. The van der Waals surface area contributed by atoms with Crippen LogP contribution in [-0.2, 0) is 15.8 Å². The van der Waals surface area contributed by atoms with Crippen molar-refractivity contribution in [3.8, 4) is 5.75 Å². The molecule has 0 saturated carbocycles. The first-order chi connectivity index (χ1) is 13.2. The molecule has 2 aromatic rings. The third-order valence-corrected chi connectivity index (χ3v) is 3.79. The van der Waals surface area contributed by atoms with Gasteiger partial charge in [0.2, 0.25) is 0 Å². The molecule has 6 nitrogen and oxygen atoms in total. The summed E-state index contributed by atoms with van der Waals surface area (Å²) >= 11 is 0. The molecule has 0 saturated heterocycles. The highest BCUT2D eigenvalue weighted by Gasteiger charge is 2.30. The molecule has 2 rings (SSSR count). The second-order valence-electron chi connectivity index (χ2n) is 6.21. The fraction of sp³-hybridized carbons (Fsp3) is 0.263. The molecule has 28 heavy (non-hydrogen) atoms. The van der Waals surface area contributed by atoms with Gasteiger partial charge in [0.15, 0.2) is 13.1 Å². The third kappa shape index (κ3) is 6.58. The van der Waals surface area contributed by atoms with Gasteiger partial charge < -0.3 is 20.3 Å². The summed E-state index contributed by atoms with van der Waals surface area (Å²) in [7, 11) is 3.21. The molecule has 0 heterocycles. The first-order valence-corrected chi connectivity index (χ1v) is 8.39. The third-order valence-electron chi connectivity index (χ3n) is 3.79. The summed E-state index contributed by atoms with van der Waals surface area (Å²) < 4.78 is 42.6. The quantitative estimate of drug-likeness (QED) is 0.669. The molecule has 3 N–H and O–H groups in total. The molecule has 0 aliphatic carbocycles. The van der Waals surface area contributed by atoms with Crippen LogP contribution < -0.4 is 20.3 Å². The summed E-state index contributed by atoms with van der Waals surface area (Å²) in [6.45, 7) is 0.0313. The van der Waals surface area contributed by atoms with Crippen molar-refractivity contribution >= 4 is 23.2 Å². The molecule has 0 aliphatic heterocycles. The molecule has 9 heteroatoms. The van der Waals surface area contributed by atoms with Crippen molar-refractivity contribution in [2.75, 3.05) is 37.9 Å². The van der Waals surface area contributed by atoms with Crippen molar-refractivity contribution in [2.45, 2.75) is 6.18 Å². The largest absolute Gasteiger partial charge is 0.497 e. The number of amides is 2. The fourth-order valence-corrected chi connectivity index (χ4v) is 2.44. The van der Waals surface area contributed by atoms with Crippen LogP contribution >= 0.6 is 0 Å². The Balaban J connectivity index is 1.80. The lowest BCUT2D eigenvalue weighted by atomic mass is 10.2. The minimum atomic E-state index is -4.43. The second kappa shape index (κ2) is 9.23. The Bertz CT molecular complexity index is 806. The zero-order valence-electron chi connectivity index (χ0n) is 15.4. The maximum atomic E-state index is 12.5. The summed E-state index contributed by atoms with van der Waals surface area (Å²) in [6.07, 6.45) is -4.43. The number of quaternary nitrogens is 1. The van der Waals surface area contributed by atoms with Gasteiger partial charge in [-0.2, -0.15) is 13.2 Å². The SMILES string of the molecule is COc1ccc(NC(=O)C[NH+](C)CC(=O)Nc2ccc(C(F)(F)F)cc2)cc1. The number of hydrogen-bond acceptors (Lipinski definition) is 3. The van der Waals surface area contributed by atoms with Crippen LogP contribution in [0.1, 0.15) is 5.56 Å². The van der Waals surface area contributed by atoms with Gasteiger partial charge in [0.05, 0.1) is 19.7 Å². The molecule has 1 unspecified atom stereocenters. The van der Waals surface area contributed by atoms with Gasteiger partial charge in [0, 0.05) is 11.4 Å². The lowest BCUT2D eigenvalue weighted by molar-refractivity contribution is -0.862. The van der Waals surface area contributed by atoms with E-state index in [0.717, 1.165) is 12.1 Å². The van der Waals surface area contributed by atoms with Crippen LogP contribution in [0.4, 0.5) is 24.5 Å². The number of hydrogen-bond donors (Lipinski definition) is 3. The van der Waals surface area contributed by atoms with Gasteiger partial charge in [-0.15, -0.1) is 0 Å². The molecule has 2 amide bonds. The average molecular weight is 396 g/mol. The van der Waals surface area contributed by atoms with Crippen molar-refractivity contribution in [2.24, 2.45) is 0 Å². The first-order valence-electron chi connectivity index (χ1n) is 8.39. The molecule has 0 spiro atoms. The van der Waals surface area contributed by atoms with E-state index in [9.17, 15) is 22.8 Å². The van der Waals surface area contributed by atoms with Crippen molar-refractivity contribution in [1.29, 1.82) is 0 Å². The summed E-state index contributed by atoms with van der Waals surface area (Å²) in [5.74, 6) is -0.0137. The van der Waals surface area contributed by atoms with E-state index in [2.05, 4.69) is 10.6 Å². The Labute approximate surface area is 160 Å². The van der Waals surface area contributed by atoms with Gasteiger partial charge in [-0.3, -0.25) is 9.59 Å². The lowest BCUT2D eigenvalue weighted by Gasteiger charge is -2.14. The van der Waals surface area contributed by atoms with Crippen molar-refractivity contribution in [1.82, 2.24) is 0 Å². The van der Waals surface area contributed by atoms with Gasteiger partial charge in [-0.05, 0) is 48.5 Å². The number of nitrogens with one attached hydrogen (secondary N) is 3. The predicted molar refractivity (Wildman–Crippen MR) is 98.3 cm³/mol. The number of anilines is 2. The molecule has 0 radical (unpaired) electrons. The number of methoxy groups -OCH3 is 1. The zero-order valence-corrected chi connectivity index (χ0v) is 15.4. The van der Waals surface area contributed by atoms with E-state index in [-0.39, 0.29) is 24.7 Å². The van der Waals surface area contributed by atoms with Gasteiger partial charge in [0.25, 0.3) is 11.8 Å². The molecule has 0 fully saturated rings. The van der Waals surface area contributed by atoms with Crippen LogP contribution in [0.3, 0.4) is 0 Å². The van der Waals surface area contributed by atoms with Gasteiger partial charge in [-0.25, -0.2) is 0 Å². The summed E-state index contributed by atoms with van der Waals surface area (Å²) in [6, 6.07) is 11.0. The zero-order chi connectivity index (χ0) is 20.7. The number of ether oxygens (including phenoxy) is 1. The van der Waals surface area contributed by atoms with Crippen molar-refractivity contribution in [3.05, 3.63) is 54.1 Å². The smallest absolute Gasteiger partial charge is 0.416 e. The summed E-state index contributed by atoms with van der Waals surface area (Å²) in [5, 5.41) is 5.23. The number of likely N-dealkylation sites (N-methyl/N-ethyl adjacent to an activating group) is 1. The predicted octanol–water partition coefficient (Wildman–Crippen LogP) is 1.81. The first kappa shape index (κ1) is 21.2. The molecular weight excluding hydrogens is 375 g/mol. The molecule has 1 atom stereocenters. The van der Waals surface area contributed by atoms with E-state index >= 15 is 0 Å². The van der Waals surface area contributed by atoms with Crippen LogP contribution in [0.2, 0.25) is 0 Å². The maximum absolute atomic E-state index is 12.5. The number of carbonyl (C=O) groups excluding carboxylic acids is 2. The number of halogens is 3. The highest BCUT2D eigenvalue weighted by atomic mass is 19.4. The van der Waals surface area contributed by atoms with E-state index in [4.69, 9.17) is 4.74 Å². The monoisotopic (exact) mass is 396 g/mol. The fourth-order valence-electron chi connectivity index (χ4n) is 2.44. The Hall–Kier alpha value is -3.07. The Kier molecular flexibility index (Phi) is 7.00. The molecule has 150 valence electrons. The Morgan fingerprint density at radius 2 is 1.32 bits per heavy atom. The van der Waals surface area contributed by atoms with Crippen molar-refractivity contribution < 1.29 is 32.4 Å². The van der Waals surface area contributed by atoms with E-state index in [1.54, 1.807) is 38.4 Å². The molecule has 2 aromatic carbocycles. The van der Waals surface area contributed by atoms with Crippen molar-refractivity contribution in [3.63, 3.8) is 0 Å². The molecule has 0 aromatic heterocycles. The number of alkyl halides is 3. The normalized spacial score (nSPS) is 12.2. The lowest BCUT2D eigenvalue weighted by Crippen LogP contribution is -3.11. The van der Waals surface area contributed by atoms with E-state index < -0.39 is 17.6 Å². The van der Waals surface area contributed by atoms with Gasteiger partial charge in [-0.1, -0.05) is 0 Å². The van der Waals surface area contributed by atoms with Crippen LogP contribution in [0.5, 0.6) is 5.75 Å². The van der Waals surface area contributed by atoms with E-state index in [0.29, 0.717) is 16.3 Å². The van der Waals surface area contributed by atoms with Crippen LogP contribution in [0.25, 0.3) is 0 Å². The minimum absolute atomic E-state index is 0.0168. The average Bonchev–Trinajstić information content (AvgIpc) is 2.61. The maximum Gasteiger partial charge on any atom is 0.416 e. The molecule has 0 aliphatic rings. The highest BCUT2D eigenvalue weighted by Crippen LogP contribution is 2.29. The van der Waals surface area contributed by atoms with Gasteiger partial charge in [0.1, 0.15) is 5.75 Å². The number of rotatable bonds is 7. The van der Waals surface area contributed by atoms with Gasteiger partial charge >= 0.3 is 6.18 Å². The van der Waals surface area contributed by atoms with Crippen LogP contribution in [0, 0.1) is 0 Å². The number of benzene rings is 2. The van der Waals surface area contributed by atoms with E-state index in [1.807, 2.05) is 0 Å². The topological polar surface area (TPSA) is 71.9 Å². The minimum Gasteiger partial charge on any atom is -0.497 e. The Morgan fingerprint density at radius 1 is 0.893 bits per heavy atom. The Morgan fingerprint density at radius 3 is 1.71 bits per heavy atom. The van der Waals surface area contributed by atoms with Crippen LogP contribution in [0.15, 0.2) is 48.5 Å². The van der Waals surface area contributed by atoms with E-state index in [1.165, 1.54) is 12.1 Å².